The minimum Gasteiger partial charge on any atom is -1.00 e. The molecule has 4 heavy (non-hydrogen) atoms. The van der Waals surface area contributed by atoms with Crippen LogP contribution in [0.1, 0.15) is 2.85 Å². The van der Waals surface area contributed by atoms with Crippen molar-refractivity contribution in [2.24, 2.45) is 0 Å². The monoisotopic (exact) mass is 97.0 g/mol. The van der Waals surface area contributed by atoms with Crippen LogP contribution >= 0.6 is 12.4 Å². The first-order valence-electron chi connectivity index (χ1n) is 0. The third-order valence-electron chi connectivity index (χ3n) is 0. The summed E-state index contributed by atoms with van der Waals surface area (Å²) in [6.07, 6.45) is 0. The van der Waals surface area contributed by atoms with Crippen LogP contribution in [0, 0.1) is 0 Å². The maximum absolute atomic E-state index is 0. The van der Waals surface area contributed by atoms with Crippen LogP contribution in [0.15, 0.2) is 0 Å². The van der Waals surface area contributed by atoms with Crippen molar-refractivity contribution in [3.8, 4) is 0 Å². The Kier molecular flexibility index (Phi) is 467. The van der Waals surface area contributed by atoms with Gasteiger partial charge in [0.15, 0.2) is 0 Å². The van der Waals surface area contributed by atoms with Crippen molar-refractivity contribution in [3.05, 3.63) is 0 Å². The second-order valence-corrected chi connectivity index (χ2v) is 0. The minimum absolute atomic E-state index is 0. The van der Waals surface area contributed by atoms with Crippen LogP contribution < -0.4 is 29.6 Å². The van der Waals surface area contributed by atoms with Gasteiger partial charge in [-0.25, -0.2) is 0 Å². The summed E-state index contributed by atoms with van der Waals surface area (Å²) in [6.45, 7) is 0. The molecule has 0 saturated carbocycles. The number of halogens is 1. The van der Waals surface area contributed by atoms with Crippen LogP contribution in [0.5, 0.6) is 0 Å². The molecule has 0 amide bonds. The normalized spacial score (nSPS) is 0. The molecule has 0 spiro atoms. The summed E-state index contributed by atoms with van der Waals surface area (Å²) in [7, 11) is 0. The van der Waals surface area contributed by atoms with Crippen molar-refractivity contribution in [1.82, 2.24) is 0 Å². The molecular formula is H7ClNaO2+. The molecule has 26 valence electrons. The van der Waals surface area contributed by atoms with Gasteiger partial charge in [0.05, 0.1) is 0 Å². The fourth-order valence-electron chi connectivity index (χ4n) is 0. The Hall–Kier alpha value is 1.21. The van der Waals surface area contributed by atoms with Crippen molar-refractivity contribution >= 4 is 12.4 Å². The molecule has 0 heterocycles. The molecule has 4 heteroatoms. The summed E-state index contributed by atoms with van der Waals surface area (Å²) >= 11 is 0. The Balaban J connectivity index is 0. The maximum atomic E-state index is 0. The molecule has 0 saturated heterocycles. The van der Waals surface area contributed by atoms with Crippen molar-refractivity contribution in [2.45, 2.75) is 0 Å². The quantitative estimate of drug-likeness (QED) is 0.277. The Morgan fingerprint density at radius 2 is 1.25 bits per heavy atom. The standard InChI is InChI=1S/ClH.Na.2H2O.H/h1H;;2*1H2;/q;+1;;;-1/p+1. The van der Waals surface area contributed by atoms with E-state index in [1.807, 2.05) is 0 Å². The molecule has 0 atom stereocenters. The first kappa shape index (κ1) is 63.1. The number of hydrogen-bond acceptors (Lipinski definition) is 0. The zero-order chi connectivity index (χ0) is 0. The summed E-state index contributed by atoms with van der Waals surface area (Å²) in [4.78, 5) is 0. The average Bonchev–Trinajstić information content (AvgIpc) is 0. The predicted octanol–water partition coefficient (Wildman–Crippen LogP) is -4.00. The molecular weight excluding hydrogens is 90.4 g/mol. The molecule has 0 radical (unpaired) electrons. The second-order valence-electron chi connectivity index (χ2n) is 0. The summed E-state index contributed by atoms with van der Waals surface area (Å²) < 4.78 is 0. The van der Waals surface area contributed by atoms with E-state index in [-0.39, 0.29) is 55.8 Å². The summed E-state index contributed by atoms with van der Waals surface area (Å²) in [5.74, 6) is 0. The van der Waals surface area contributed by atoms with E-state index >= 15 is 0 Å². The molecule has 0 rings (SSSR count). The van der Waals surface area contributed by atoms with Crippen molar-refractivity contribution in [2.75, 3.05) is 0 Å². The first-order chi connectivity index (χ1) is 0. The van der Waals surface area contributed by atoms with Crippen LogP contribution in [0.25, 0.3) is 0 Å². The van der Waals surface area contributed by atoms with Crippen LogP contribution in [0.2, 0.25) is 0 Å². The van der Waals surface area contributed by atoms with Gasteiger partial charge in [-0.05, 0) is 0 Å². The van der Waals surface area contributed by atoms with Crippen LogP contribution in [0.4, 0.5) is 0 Å². The minimum atomic E-state index is 0. The molecule has 0 bridgehead atoms. The van der Waals surface area contributed by atoms with Gasteiger partial charge in [0, 0.05) is 0 Å². The SMILES string of the molecule is Cl.O.O.[H+].[H-].[Na+]. The van der Waals surface area contributed by atoms with E-state index in [1.165, 1.54) is 0 Å². The van der Waals surface area contributed by atoms with E-state index in [2.05, 4.69) is 0 Å². The molecule has 0 aromatic heterocycles. The van der Waals surface area contributed by atoms with Crippen molar-refractivity contribution in [3.63, 3.8) is 0 Å². The third kappa shape index (κ3) is 10.7. The van der Waals surface area contributed by atoms with Crippen molar-refractivity contribution < 1.29 is 43.4 Å². The summed E-state index contributed by atoms with van der Waals surface area (Å²) in [5, 5.41) is 0. The molecule has 0 fully saturated rings. The molecule has 0 aromatic rings. The van der Waals surface area contributed by atoms with E-state index in [1.54, 1.807) is 0 Å². The molecule has 0 aliphatic carbocycles. The van der Waals surface area contributed by atoms with Gasteiger partial charge in [-0.15, -0.1) is 12.4 Å². The van der Waals surface area contributed by atoms with E-state index < -0.39 is 0 Å². The number of hydrogen-bond donors (Lipinski definition) is 0. The fourth-order valence-corrected chi connectivity index (χ4v) is 0. The smallest absolute Gasteiger partial charge is 1.00 e. The molecule has 0 aliphatic heterocycles. The van der Waals surface area contributed by atoms with Gasteiger partial charge in [0.2, 0.25) is 0 Å². The van der Waals surface area contributed by atoms with Gasteiger partial charge < -0.3 is 12.4 Å². The molecule has 2 nitrogen and oxygen atoms in total. The van der Waals surface area contributed by atoms with E-state index in [0.717, 1.165) is 0 Å². The first-order valence-corrected chi connectivity index (χ1v) is 0. The van der Waals surface area contributed by atoms with E-state index in [4.69, 9.17) is 0 Å². The summed E-state index contributed by atoms with van der Waals surface area (Å²) in [6, 6.07) is 0. The van der Waals surface area contributed by atoms with Gasteiger partial charge in [-0.1, -0.05) is 0 Å². The Labute approximate surface area is 55.9 Å². The van der Waals surface area contributed by atoms with Gasteiger partial charge in [0.25, 0.3) is 0 Å². The zero-order valence-corrected chi connectivity index (χ0v) is 5.22. The van der Waals surface area contributed by atoms with E-state index in [9.17, 15) is 0 Å². The van der Waals surface area contributed by atoms with E-state index in [0.29, 0.717) is 0 Å². The Morgan fingerprint density at radius 3 is 1.25 bits per heavy atom. The van der Waals surface area contributed by atoms with Gasteiger partial charge in [-0.3, -0.25) is 0 Å². The zero-order valence-electron chi connectivity index (χ0n) is 4.41. The Bertz CT molecular complexity index is 11.5. The van der Waals surface area contributed by atoms with Gasteiger partial charge in [0.1, 0.15) is 0 Å². The molecule has 0 aromatic carbocycles. The predicted molar refractivity (Wildman–Crippen MR) is 16.7 cm³/mol. The average molecular weight is 97.5 g/mol. The topological polar surface area (TPSA) is 63.0 Å². The van der Waals surface area contributed by atoms with Crippen LogP contribution in [0.3, 0.4) is 0 Å². The number of rotatable bonds is 0. The Morgan fingerprint density at radius 1 is 1.25 bits per heavy atom. The second kappa shape index (κ2) is 29.6. The largest absolute Gasteiger partial charge is 1.00 e. The van der Waals surface area contributed by atoms with Gasteiger partial charge in [-0.2, -0.15) is 0 Å². The van der Waals surface area contributed by atoms with Gasteiger partial charge >= 0.3 is 31.0 Å². The van der Waals surface area contributed by atoms with Crippen LogP contribution in [-0.2, 0) is 0 Å². The molecule has 0 aliphatic rings. The van der Waals surface area contributed by atoms with Crippen molar-refractivity contribution in [1.29, 1.82) is 0 Å². The molecule has 0 unspecified atom stereocenters. The fraction of sp³-hybridized carbons (Fsp3) is 0. The third-order valence-corrected chi connectivity index (χ3v) is 0. The maximum Gasteiger partial charge on any atom is 1.00 e. The van der Waals surface area contributed by atoms with Crippen LogP contribution in [-0.4, -0.2) is 11.0 Å². The summed E-state index contributed by atoms with van der Waals surface area (Å²) in [5.41, 5.74) is 0. The molecule has 4 N–H and O–H groups in total.